The monoisotopic (exact) mass is 270 g/mol. The SMILES string of the molecule is CN(C)CCCc1ccccc1OCc1ccccn1. The third kappa shape index (κ3) is 4.67. The van der Waals surface area contributed by atoms with Crippen molar-refractivity contribution in [3.8, 4) is 5.75 Å². The van der Waals surface area contributed by atoms with E-state index >= 15 is 0 Å². The molecular formula is C17H22N2O. The van der Waals surface area contributed by atoms with E-state index in [1.54, 1.807) is 6.20 Å². The number of benzene rings is 1. The summed E-state index contributed by atoms with van der Waals surface area (Å²) in [5, 5.41) is 0. The molecule has 0 unspecified atom stereocenters. The van der Waals surface area contributed by atoms with Crippen LogP contribution in [0, 0.1) is 0 Å². The van der Waals surface area contributed by atoms with Gasteiger partial charge in [-0.05, 0) is 57.2 Å². The van der Waals surface area contributed by atoms with Gasteiger partial charge in [0, 0.05) is 6.20 Å². The van der Waals surface area contributed by atoms with Gasteiger partial charge in [-0.1, -0.05) is 24.3 Å². The van der Waals surface area contributed by atoms with Crippen LogP contribution in [0.15, 0.2) is 48.7 Å². The molecule has 0 N–H and O–H groups in total. The minimum atomic E-state index is 0.519. The zero-order valence-corrected chi connectivity index (χ0v) is 12.2. The smallest absolute Gasteiger partial charge is 0.130 e. The summed E-state index contributed by atoms with van der Waals surface area (Å²) in [5.74, 6) is 0.969. The number of para-hydroxylation sites is 1. The number of aryl methyl sites for hydroxylation is 1. The standard InChI is InChI=1S/C17H22N2O/c1-19(2)13-7-9-15-8-3-4-11-17(15)20-14-16-10-5-6-12-18-16/h3-6,8,10-12H,7,9,13-14H2,1-2H3. The molecular weight excluding hydrogens is 248 g/mol. The lowest BCUT2D eigenvalue weighted by Crippen LogP contribution is -2.13. The van der Waals surface area contributed by atoms with E-state index < -0.39 is 0 Å². The Labute approximate surface area is 121 Å². The Morgan fingerprint density at radius 2 is 1.85 bits per heavy atom. The molecule has 0 aliphatic heterocycles. The van der Waals surface area contributed by atoms with Gasteiger partial charge in [0.2, 0.25) is 0 Å². The van der Waals surface area contributed by atoms with Crippen molar-refractivity contribution in [3.05, 3.63) is 59.9 Å². The number of rotatable bonds is 7. The Bertz CT molecular complexity index is 511. The second kappa shape index (κ2) is 7.65. The third-order valence-electron chi connectivity index (χ3n) is 3.13. The highest BCUT2D eigenvalue weighted by molar-refractivity contribution is 5.33. The van der Waals surface area contributed by atoms with Crippen molar-refractivity contribution in [2.45, 2.75) is 19.4 Å². The summed E-state index contributed by atoms with van der Waals surface area (Å²) in [4.78, 5) is 6.48. The average molecular weight is 270 g/mol. The van der Waals surface area contributed by atoms with Gasteiger partial charge in [-0.25, -0.2) is 0 Å². The van der Waals surface area contributed by atoms with Gasteiger partial charge in [-0.3, -0.25) is 4.98 Å². The highest BCUT2D eigenvalue weighted by atomic mass is 16.5. The largest absolute Gasteiger partial charge is 0.487 e. The van der Waals surface area contributed by atoms with Crippen LogP contribution in [0.4, 0.5) is 0 Å². The second-order valence-electron chi connectivity index (χ2n) is 5.12. The normalized spacial score (nSPS) is 10.8. The molecule has 0 spiro atoms. The van der Waals surface area contributed by atoms with Crippen molar-refractivity contribution in [1.29, 1.82) is 0 Å². The van der Waals surface area contributed by atoms with Crippen molar-refractivity contribution < 1.29 is 4.74 Å². The summed E-state index contributed by atoms with van der Waals surface area (Å²) < 4.78 is 5.90. The first-order valence-electron chi connectivity index (χ1n) is 7.01. The molecule has 0 saturated heterocycles. The van der Waals surface area contributed by atoms with Crippen molar-refractivity contribution >= 4 is 0 Å². The Morgan fingerprint density at radius 3 is 2.60 bits per heavy atom. The Morgan fingerprint density at radius 1 is 1.05 bits per heavy atom. The lowest BCUT2D eigenvalue weighted by atomic mass is 10.1. The predicted octanol–water partition coefficient (Wildman–Crippen LogP) is 3.15. The van der Waals surface area contributed by atoms with Crippen molar-refractivity contribution in [1.82, 2.24) is 9.88 Å². The van der Waals surface area contributed by atoms with Crippen molar-refractivity contribution in [2.24, 2.45) is 0 Å². The number of pyridine rings is 1. The molecule has 1 aromatic heterocycles. The van der Waals surface area contributed by atoms with E-state index in [1.165, 1.54) is 5.56 Å². The summed E-state index contributed by atoms with van der Waals surface area (Å²) in [6.45, 7) is 1.61. The van der Waals surface area contributed by atoms with Crippen LogP contribution in [0.2, 0.25) is 0 Å². The fourth-order valence-electron chi connectivity index (χ4n) is 2.07. The molecule has 3 heteroatoms. The Hall–Kier alpha value is -1.87. The molecule has 2 rings (SSSR count). The van der Waals surface area contributed by atoms with Crippen molar-refractivity contribution in [3.63, 3.8) is 0 Å². The number of hydrogen-bond acceptors (Lipinski definition) is 3. The van der Waals surface area contributed by atoms with E-state index in [1.807, 2.05) is 30.3 Å². The Balaban J connectivity index is 1.93. The first-order chi connectivity index (χ1) is 9.75. The summed E-state index contributed by atoms with van der Waals surface area (Å²) in [5.41, 5.74) is 2.22. The minimum Gasteiger partial charge on any atom is -0.487 e. The van der Waals surface area contributed by atoms with E-state index in [2.05, 4.69) is 36.1 Å². The van der Waals surface area contributed by atoms with Gasteiger partial charge in [-0.15, -0.1) is 0 Å². The van der Waals surface area contributed by atoms with Crippen LogP contribution in [0.1, 0.15) is 17.7 Å². The predicted molar refractivity (Wildman–Crippen MR) is 81.9 cm³/mol. The summed E-state index contributed by atoms with van der Waals surface area (Å²) in [6.07, 6.45) is 3.97. The van der Waals surface area contributed by atoms with Crippen LogP contribution < -0.4 is 4.74 Å². The van der Waals surface area contributed by atoms with Gasteiger partial charge in [0.1, 0.15) is 12.4 Å². The van der Waals surface area contributed by atoms with Crippen LogP contribution >= 0.6 is 0 Å². The molecule has 0 fully saturated rings. The first kappa shape index (κ1) is 14.5. The molecule has 106 valence electrons. The van der Waals surface area contributed by atoms with Gasteiger partial charge in [-0.2, -0.15) is 0 Å². The molecule has 0 bridgehead atoms. The van der Waals surface area contributed by atoms with Crippen molar-refractivity contribution in [2.75, 3.05) is 20.6 Å². The molecule has 0 atom stereocenters. The van der Waals surface area contributed by atoms with Gasteiger partial charge < -0.3 is 9.64 Å². The van der Waals surface area contributed by atoms with Gasteiger partial charge in [0.25, 0.3) is 0 Å². The average Bonchev–Trinajstić information content (AvgIpc) is 2.47. The van der Waals surface area contributed by atoms with Crippen LogP contribution in [0.5, 0.6) is 5.75 Å². The molecule has 2 aromatic rings. The molecule has 3 nitrogen and oxygen atoms in total. The fraction of sp³-hybridized carbons (Fsp3) is 0.353. The lowest BCUT2D eigenvalue weighted by molar-refractivity contribution is 0.297. The summed E-state index contributed by atoms with van der Waals surface area (Å²) in [7, 11) is 4.20. The highest BCUT2D eigenvalue weighted by Crippen LogP contribution is 2.20. The number of hydrogen-bond donors (Lipinski definition) is 0. The van der Waals surface area contributed by atoms with E-state index in [0.29, 0.717) is 6.61 Å². The molecule has 0 aliphatic carbocycles. The quantitative estimate of drug-likeness (QED) is 0.773. The van der Waals surface area contributed by atoms with Crippen LogP contribution in [0.3, 0.4) is 0 Å². The lowest BCUT2D eigenvalue weighted by Gasteiger charge is -2.13. The molecule has 0 saturated carbocycles. The number of aromatic nitrogens is 1. The molecule has 1 aromatic carbocycles. The maximum absolute atomic E-state index is 5.90. The van der Waals surface area contributed by atoms with E-state index in [-0.39, 0.29) is 0 Å². The summed E-state index contributed by atoms with van der Waals surface area (Å²) >= 11 is 0. The maximum atomic E-state index is 5.90. The topological polar surface area (TPSA) is 25.4 Å². The van der Waals surface area contributed by atoms with Gasteiger partial charge in [0.05, 0.1) is 5.69 Å². The zero-order valence-electron chi connectivity index (χ0n) is 12.2. The van der Waals surface area contributed by atoms with Crippen LogP contribution in [-0.4, -0.2) is 30.5 Å². The first-order valence-corrected chi connectivity index (χ1v) is 7.01. The van der Waals surface area contributed by atoms with Gasteiger partial charge >= 0.3 is 0 Å². The van der Waals surface area contributed by atoms with E-state index in [0.717, 1.165) is 30.8 Å². The van der Waals surface area contributed by atoms with E-state index in [4.69, 9.17) is 4.74 Å². The third-order valence-corrected chi connectivity index (χ3v) is 3.13. The highest BCUT2D eigenvalue weighted by Gasteiger charge is 2.04. The maximum Gasteiger partial charge on any atom is 0.130 e. The fourth-order valence-corrected chi connectivity index (χ4v) is 2.07. The van der Waals surface area contributed by atoms with Crippen LogP contribution in [0.25, 0.3) is 0 Å². The molecule has 0 aliphatic rings. The zero-order chi connectivity index (χ0) is 14.2. The Kier molecular flexibility index (Phi) is 5.56. The van der Waals surface area contributed by atoms with Gasteiger partial charge in [0.15, 0.2) is 0 Å². The number of ether oxygens (including phenoxy) is 1. The molecule has 1 heterocycles. The molecule has 0 amide bonds. The van der Waals surface area contributed by atoms with E-state index in [9.17, 15) is 0 Å². The van der Waals surface area contributed by atoms with Crippen LogP contribution in [-0.2, 0) is 13.0 Å². The minimum absolute atomic E-state index is 0.519. The number of nitrogens with zero attached hydrogens (tertiary/aromatic N) is 2. The molecule has 0 radical (unpaired) electrons. The summed E-state index contributed by atoms with van der Waals surface area (Å²) in [6, 6.07) is 14.1. The second-order valence-corrected chi connectivity index (χ2v) is 5.12. The molecule has 20 heavy (non-hydrogen) atoms.